The minimum atomic E-state index is -0.238. The topological polar surface area (TPSA) is 78.3 Å². The molecule has 0 unspecified atom stereocenters. The Hall–Kier alpha value is -3.35. The average Bonchev–Trinajstić information content (AvgIpc) is 3.17. The number of anilines is 1. The lowest BCUT2D eigenvalue weighted by Crippen LogP contribution is -2.13. The van der Waals surface area contributed by atoms with E-state index < -0.39 is 0 Å². The van der Waals surface area contributed by atoms with Crippen LogP contribution in [0.2, 0.25) is 0 Å². The van der Waals surface area contributed by atoms with Gasteiger partial charge in [-0.3, -0.25) is 4.79 Å². The number of nitrogens with one attached hydrogen (secondary N) is 1. The number of ether oxygens (including phenoxy) is 2. The van der Waals surface area contributed by atoms with Crippen LogP contribution in [0.1, 0.15) is 29.0 Å². The van der Waals surface area contributed by atoms with E-state index in [2.05, 4.69) is 20.1 Å². The number of carbonyl (C=O) groups is 1. The fraction of sp³-hybridized carbons (Fsp3) is 0.286. The lowest BCUT2D eigenvalue weighted by Gasteiger charge is -2.15. The molecular weight excluding hydrogens is 356 g/mol. The third kappa shape index (κ3) is 3.55. The second kappa shape index (κ2) is 7.72. The quantitative estimate of drug-likeness (QED) is 0.735. The third-order valence-electron chi connectivity index (χ3n) is 4.85. The maximum atomic E-state index is 12.7. The summed E-state index contributed by atoms with van der Waals surface area (Å²) in [6.07, 6.45) is 3.24. The van der Waals surface area contributed by atoms with Crippen LogP contribution in [0.25, 0.3) is 11.4 Å². The maximum absolute atomic E-state index is 12.7. The van der Waals surface area contributed by atoms with Crippen LogP contribution in [-0.4, -0.2) is 34.9 Å². The summed E-state index contributed by atoms with van der Waals surface area (Å²) in [5.74, 6) is 2.76. The van der Waals surface area contributed by atoms with Crippen molar-refractivity contribution in [1.82, 2.24) is 14.8 Å². The van der Waals surface area contributed by atoms with Crippen LogP contribution in [-0.2, 0) is 13.0 Å². The molecule has 0 spiro atoms. The van der Waals surface area contributed by atoms with Crippen LogP contribution in [0.3, 0.4) is 0 Å². The highest BCUT2D eigenvalue weighted by Crippen LogP contribution is 2.26. The number of aromatic nitrogens is 3. The van der Waals surface area contributed by atoms with Gasteiger partial charge in [0.1, 0.15) is 17.3 Å². The number of carbonyl (C=O) groups excluding carboxylic acids is 1. The monoisotopic (exact) mass is 378 g/mol. The molecule has 1 aromatic heterocycles. The van der Waals surface area contributed by atoms with Gasteiger partial charge in [-0.2, -0.15) is 0 Å². The molecule has 0 atom stereocenters. The fourth-order valence-electron chi connectivity index (χ4n) is 3.40. The fourth-order valence-corrected chi connectivity index (χ4v) is 3.40. The Kier molecular flexibility index (Phi) is 4.97. The van der Waals surface area contributed by atoms with Crippen molar-refractivity contribution in [3.63, 3.8) is 0 Å². The number of benzene rings is 2. The Morgan fingerprint density at radius 1 is 1.04 bits per heavy atom. The van der Waals surface area contributed by atoms with Crippen LogP contribution in [0.4, 0.5) is 5.69 Å². The third-order valence-corrected chi connectivity index (χ3v) is 4.85. The molecule has 7 nitrogen and oxygen atoms in total. The molecule has 0 aliphatic carbocycles. The normalized spacial score (nSPS) is 12.9. The van der Waals surface area contributed by atoms with E-state index in [-0.39, 0.29) is 5.91 Å². The molecule has 1 aliphatic heterocycles. The number of aryl methyl sites for hydroxylation is 1. The Morgan fingerprint density at radius 2 is 1.82 bits per heavy atom. The summed E-state index contributed by atoms with van der Waals surface area (Å²) in [4.78, 5) is 12.7. The summed E-state index contributed by atoms with van der Waals surface area (Å²) in [6.45, 7) is 0.928. The molecule has 0 saturated carbocycles. The highest BCUT2D eigenvalue weighted by atomic mass is 16.5. The van der Waals surface area contributed by atoms with E-state index in [1.54, 1.807) is 32.4 Å². The second-order valence-electron chi connectivity index (χ2n) is 6.68. The van der Waals surface area contributed by atoms with Gasteiger partial charge in [0.25, 0.3) is 5.91 Å². The van der Waals surface area contributed by atoms with Crippen LogP contribution in [0.15, 0.2) is 42.5 Å². The lowest BCUT2D eigenvalue weighted by molar-refractivity contribution is 0.102. The van der Waals surface area contributed by atoms with Crippen molar-refractivity contribution in [2.45, 2.75) is 25.8 Å². The Labute approximate surface area is 163 Å². The molecule has 7 heteroatoms. The van der Waals surface area contributed by atoms with E-state index in [1.807, 2.05) is 24.3 Å². The maximum Gasteiger partial charge on any atom is 0.255 e. The minimum Gasteiger partial charge on any atom is -0.497 e. The Morgan fingerprint density at radius 3 is 2.57 bits per heavy atom. The molecule has 0 bridgehead atoms. The molecule has 4 rings (SSSR count). The van der Waals surface area contributed by atoms with Crippen LogP contribution in [0, 0.1) is 0 Å². The van der Waals surface area contributed by atoms with Crippen molar-refractivity contribution < 1.29 is 14.3 Å². The standard InChI is InChI=1S/C21H22N4O3/c1-27-17-11-15(12-18(13-17)28-2)21(26)22-16-7-5-6-14(10-16)20-24-23-19-8-3-4-9-25(19)20/h5-7,10-13H,3-4,8-9H2,1-2H3,(H,22,26). The molecule has 0 saturated heterocycles. The van der Waals surface area contributed by atoms with Crippen molar-refractivity contribution >= 4 is 11.6 Å². The molecule has 2 heterocycles. The highest BCUT2D eigenvalue weighted by Gasteiger charge is 2.17. The Balaban J connectivity index is 1.59. The number of nitrogens with zero attached hydrogens (tertiary/aromatic N) is 3. The zero-order valence-corrected chi connectivity index (χ0v) is 15.9. The van der Waals surface area contributed by atoms with Crippen LogP contribution in [0.5, 0.6) is 11.5 Å². The number of amides is 1. The number of fused-ring (bicyclic) bond motifs is 1. The van der Waals surface area contributed by atoms with E-state index in [9.17, 15) is 4.79 Å². The predicted octanol–water partition coefficient (Wildman–Crippen LogP) is 3.55. The van der Waals surface area contributed by atoms with Gasteiger partial charge < -0.3 is 19.4 Å². The van der Waals surface area contributed by atoms with Crippen LogP contribution >= 0.6 is 0 Å². The molecule has 3 aromatic rings. The van der Waals surface area contributed by atoms with Gasteiger partial charge >= 0.3 is 0 Å². The molecule has 2 aromatic carbocycles. The van der Waals surface area contributed by atoms with E-state index >= 15 is 0 Å². The van der Waals surface area contributed by atoms with E-state index in [1.165, 1.54) is 0 Å². The number of methoxy groups -OCH3 is 2. The summed E-state index contributed by atoms with van der Waals surface area (Å²) in [5, 5.41) is 11.6. The second-order valence-corrected chi connectivity index (χ2v) is 6.68. The van der Waals surface area contributed by atoms with E-state index in [0.717, 1.165) is 43.0 Å². The summed E-state index contributed by atoms with van der Waals surface area (Å²) in [7, 11) is 3.11. The van der Waals surface area contributed by atoms with Crippen molar-refractivity contribution in [3.05, 3.63) is 53.9 Å². The molecule has 1 N–H and O–H groups in total. The van der Waals surface area contributed by atoms with Gasteiger partial charge in [-0.25, -0.2) is 0 Å². The summed E-state index contributed by atoms with van der Waals surface area (Å²) in [5.41, 5.74) is 2.08. The zero-order chi connectivity index (χ0) is 19.5. The lowest BCUT2D eigenvalue weighted by atomic mass is 10.1. The van der Waals surface area contributed by atoms with Crippen LogP contribution < -0.4 is 14.8 Å². The molecular formula is C21H22N4O3. The van der Waals surface area contributed by atoms with Crippen molar-refractivity contribution in [1.29, 1.82) is 0 Å². The van der Waals surface area contributed by atoms with Gasteiger partial charge in [0.15, 0.2) is 5.82 Å². The first kappa shape index (κ1) is 18.0. The van der Waals surface area contributed by atoms with Crippen molar-refractivity contribution in [2.75, 3.05) is 19.5 Å². The van der Waals surface area contributed by atoms with Crippen molar-refractivity contribution in [3.8, 4) is 22.9 Å². The Bertz CT molecular complexity index is 990. The average molecular weight is 378 g/mol. The van der Waals surface area contributed by atoms with Gasteiger partial charge in [-0.15, -0.1) is 10.2 Å². The number of hydrogen-bond donors (Lipinski definition) is 1. The highest BCUT2D eigenvalue weighted by molar-refractivity contribution is 6.05. The summed E-state index contributed by atoms with van der Waals surface area (Å²) >= 11 is 0. The minimum absolute atomic E-state index is 0.238. The first-order valence-corrected chi connectivity index (χ1v) is 9.25. The molecule has 28 heavy (non-hydrogen) atoms. The molecule has 0 fully saturated rings. The summed E-state index contributed by atoms with van der Waals surface area (Å²) < 4.78 is 12.6. The van der Waals surface area contributed by atoms with Gasteiger partial charge in [-0.05, 0) is 37.1 Å². The van der Waals surface area contributed by atoms with Gasteiger partial charge in [0.05, 0.1) is 14.2 Å². The van der Waals surface area contributed by atoms with E-state index in [0.29, 0.717) is 22.7 Å². The van der Waals surface area contributed by atoms with E-state index in [4.69, 9.17) is 9.47 Å². The smallest absolute Gasteiger partial charge is 0.255 e. The first-order valence-electron chi connectivity index (χ1n) is 9.25. The zero-order valence-electron chi connectivity index (χ0n) is 15.9. The predicted molar refractivity (Wildman–Crippen MR) is 106 cm³/mol. The van der Waals surface area contributed by atoms with Gasteiger partial charge in [0, 0.05) is 35.8 Å². The molecule has 1 aliphatic rings. The SMILES string of the molecule is COc1cc(OC)cc(C(=O)Nc2cccc(-c3nnc4n3CCCC4)c2)c1. The summed E-state index contributed by atoms with van der Waals surface area (Å²) in [6, 6.07) is 12.7. The van der Waals surface area contributed by atoms with Gasteiger partial charge in [-0.1, -0.05) is 12.1 Å². The molecule has 0 radical (unpaired) electrons. The number of hydrogen-bond acceptors (Lipinski definition) is 5. The van der Waals surface area contributed by atoms with Gasteiger partial charge in [0.2, 0.25) is 0 Å². The molecule has 144 valence electrons. The van der Waals surface area contributed by atoms with Crippen molar-refractivity contribution in [2.24, 2.45) is 0 Å². The largest absolute Gasteiger partial charge is 0.497 e. The first-order chi connectivity index (χ1) is 13.7. The molecule has 1 amide bonds. The number of rotatable bonds is 5.